The molecule has 1 atom stereocenters. The Hall–Kier alpha value is -1.26. The van der Waals surface area contributed by atoms with Crippen LogP contribution in [0.3, 0.4) is 0 Å². The summed E-state index contributed by atoms with van der Waals surface area (Å²) in [5.41, 5.74) is 1.86. The number of nitrogens with one attached hydrogen (secondary N) is 1. The van der Waals surface area contributed by atoms with E-state index in [-0.39, 0.29) is 17.7 Å². The van der Waals surface area contributed by atoms with Crippen molar-refractivity contribution in [1.29, 1.82) is 0 Å². The average molecular weight is 326 g/mol. The van der Waals surface area contributed by atoms with E-state index in [2.05, 4.69) is 21.2 Å². The van der Waals surface area contributed by atoms with E-state index < -0.39 is 0 Å². The van der Waals surface area contributed by atoms with Gasteiger partial charge in [0.25, 0.3) is 0 Å². The quantitative estimate of drug-likeness (QED) is 0.867. The predicted octanol–water partition coefficient (Wildman–Crippen LogP) is 4.58. The fraction of sp³-hybridized carbons (Fsp3) is 0.200. The van der Waals surface area contributed by atoms with Crippen molar-refractivity contribution >= 4 is 15.9 Å². The lowest BCUT2D eigenvalue weighted by molar-refractivity contribution is 0.566. The second-order valence-electron chi connectivity index (χ2n) is 4.43. The third-order valence-corrected chi connectivity index (χ3v) is 3.36. The Kier molecular flexibility index (Phi) is 4.66. The van der Waals surface area contributed by atoms with Gasteiger partial charge in [-0.05, 0) is 48.4 Å². The Labute approximate surface area is 119 Å². The molecular formula is C15H14BrF2N. The van der Waals surface area contributed by atoms with Crippen molar-refractivity contribution in [2.45, 2.75) is 19.5 Å². The molecule has 0 saturated heterocycles. The summed E-state index contributed by atoms with van der Waals surface area (Å²) in [4.78, 5) is 0. The highest BCUT2D eigenvalue weighted by molar-refractivity contribution is 9.10. The first-order chi connectivity index (χ1) is 9.04. The van der Waals surface area contributed by atoms with Gasteiger partial charge in [-0.2, -0.15) is 0 Å². The SMILES string of the molecule is C[C@H](NCc1cc(F)cc(Br)c1)c1ccc(F)cc1. The third-order valence-electron chi connectivity index (χ3n) is 2.90. The minimum Gasteiger partial charge on any atom is -0.306 e. The average Bonchev–Trinajstić information content (AvgIpc) is 2.36. The molecule has 1 nitrogen and oxygen atoms in total. The van der Waals surface area contributed by atoms with E-state index in [1.807, 2.05) is 13.0 Å². The van der Waals surface area contributed by atoms with Crippen LogP contribution in [0.25, 0.3) is 0 Å². The van der Waals surface area contributed by atoms with Crippen LogP contribution in [0.1, 0.15) is 24.1 Å². The van der Waals surface area contributed by atoms with E-state index in [9.17, 15) is 8.78 Å². The normalized spacial score (nSPS) is 12.4. The zero-order valence-electron chi connectivity index (χ0n) is 10.5. The summed E-state index contributed by atoms with van der Waals surface area (Å²) in [5, 5.41) is 3.28. The lowest BCUT2D eigenvalue weighted by Crippen LogP contribution is -2.18. The van der Waals surface area contributed by atoms with Crippen LogP contribution in [0.2, 0.25) is 0 Å². The molecule has 0 spiro atoms. The topological polar surface area (TPSA) is 12.0 Å². The largest absolute Gasteiger partial charge is 0.306 e. The maximum atomic E-state index is 13.2. The van der Waals surface area contributed by atoms with Crippen molar-refractivity contribution in [3.63, 3.8) is 0 Å². The molecule has 0 fully saturated rings. The first-order valence-corrected chi connectivity index (χ1v) is 6.78. The van der Waals surface area contributed by atoms with Crippen molar-refractivity contribution in [2.75, 3.05) is 0 Å². The standard InChI is InChI=1S/C15H14BrF2N/c1-10(12-2-4-14(17)5-3-12)19-9-11-6-13(16)8-15(18)7-11/h2-8,10,19H,9H2,1H3/t10-/m0/s1. The van der Waals surface area contributed by atoms with Gasteiger partial charge in [-0.3, -0.25) is 0 Å². The van der Waals surface area contributed by atoms with Crippen LogP contribution < -0.4 is 5.32 Å². The summed E-state index contributed by atoms with van der Waals surface area (Å²) >= 11 is 3.26. The molecule has 0 unspecified atom stereocenters. The van der Waals surface area contributed by atoms with Gasteiger partial charge in [-0.25, -0.2) is 8.78 Å². The maximum Gasteiger partial charge on any atom is 0.124 e. The molecule has 0 aromatic heterocycles. The van der Waals surface area contributed by atoms with Gasteiger partial charge in [-0.15, -0.1) is 0 Å². The summed E-state index contributed by atoms with van der Waals surface area (Å²) in [7, 11) is 0. The highest BCUT2D eigenvalue weighted by Gasteiger charge is 2.06. The molecule has 1 N–H and O–H groups in total. The minimum atomic E-state index is -0.263. The van der Waals surface area contributed by atoms with Crippen molar-refractivity contribution in [1.82, 2.24) is 5.32 Å². The molecule has 0 aliphatic carbocycles. The van der Waals surface area contributed by atoms with Crippen LogP contribution in [-0.4, -0.2) is 0 Å². The van der Waals surface area contributed by atoms with Crippen molar-refractivity contribution in [3.05, 3.63) is 69.7 Å². The number of halogens is 3. The van der Waals surface area contributed by atoms with Gasteiger partial charge < -0.3 is 5.32 Å². The molecule has 19 heavy (non-hydrogen) atoms. The Morgan fingerprint density at radius 3 is 2.37 bits per heavy atom. The Bertz CT molecular complexity index is 534. The summed E-state index contributed by atoms with van der Waals surface area (Å²) in [6.07, 6.45) is 0. The van der Waals surface area contributed by atoms with E-state index in [1.54, 1.807) is 12.1 Å². The second kappa shape index (κ2) is 6.26. The molecule has 0 saturated carbocycles. The second-order valence-corrected chi connectivity index (χ2v) is 5.35. The lowest BCUT2D eigenvalue weighted by Gasteiger charge is -2.14. The summed E-state index contributed by atoms with van der Waals surface area (Å²) < 4.78 is 26.8. The Balaban J connectivity index is 1.99. The summed E-state index contributed by atoms with van der Waals surface area (Å²) in [6.45, 7) is 2.54. The highest BCUT2D eigenvalue weighted by Crippen LogP contribution is 2.17. The molecule has 100 valence electrons. The molecule has 0 amide bonds. The van der Waals surface area contributed by atoms with Gasteiger partial charge in [0, 0.05) is 17.1 Å². The van der Waals surface area contributed by atoms with E-state index in [1.165, 1.54) is 24.3 Å². The molecule has 0 aliphatic rings. The van der Waals surface area contributed by atoms with Gasteiger partial charge >= 0.3 is 0 Å². The van der Waals surface area contributed by atoms with E-state index in [4.69, 9.17) is 0 Å². The molecule has 2 rings (SSSR count). The van der Waals surface area contributed by atoms with Gasteiger partial charge in [-0.1, -0.05) is 28.1 Å². The van der Waals surface area contributed by atoms with Crippen LogP contribution in [0, 0.1) is 11.6 Å². The van der Waals surface area contributed by atoms with Gasteiger partial charge in [0.05, 0.1) is 0 Å². The number of hydrogen-bond donors (Lipinski definition) is 1. The number of benzene rings is 2. The van der Waals surface area contributed by atoms with E-state index in [0.29, 0.717) is 6.54 Å². The molecule has 0 bridgehead atoms. The maximum absolute atomic E-state index is 13.2. The predicted molar refractivity (Wildman–Crippen MR) is 75.8 cm³/mol. The number of hydrogen-bond acceptors (Lipinski definition) is 1. The summed E-state index contributed by atoms with van der Waals surface area (Å²) in [5.74, 6) is -0.509. The monoisotopic (exact) mass is 325 g/mol. The van der Waals surface area contributed by atoms with Gasteiger partial charge in [0.15, 0.2) is 0 Å². The lowest BCUT2D eigenvalue weighted by atomic mass is 10.1. The molecule has 0 heterocycles. The zero-order chi connectivity index (χ0) is 13.8. The fourth-order valence-electron chi connectivity index (χ4n) is 1.85. The van der Waals surface area contributed by atoms with Crippen molar-refractivity contribution < 1.29 is 8.78 Å². The van der Waals surface area contributed by atoms with Crippen molar-refractivity contribution in [2.24, 2.45) is 0 Å². The molecule has 4 heteroatoms. The molecule has 2 aromatic carbocycles. The van der Waals surface area contributed by atoms with Crippen LogP contribution >= 0.6 is 15.9 Å². The van der Waals surface area contributed by atoms with Crippen LogP contribution in [0.5, 0.6) is 0 Å². The van der Waals surface area contributed by atoms with E-state index >= 15 is 0 Å². The third kappa shape index (κ3) is 4.11. The fourth-order valence-corrected chi connectivity index (χ4v) is 2.37. The van der Waals surface area contributed by atoms with Crippen LogP contribution in [0.4, 0.5) is 8.78 Å². The smallest absolute Gasteiger partial charge is 0.124 e. The highest BCUT2D eigenvalue weighted by atomic mass is 79.9. The first-order valence-electron chi connectivity index (χ1n) is 5.98. The summed E-state index contributed by atoms with van der Waals surface area (Å²) in [6, 6.07) is 11.2. The zero-order valence-corrected chi connectivity index (χ0v) is 12.0. The number of rotatable bonds is 4. The van der Waals surface area contributed by atoms with Gasteiger partial charge in [0.2, 0.25) is 0 Å². The molecule has 0 radical (unpaired) electrons. The molecule has 0 aliphatic heterocycles. The van der Waals surface area contributed by atoms with Crippen molar-refractivity contribution in [3.8, 4) is 0 Å². The van der Waals surface area contributed by atoms with E-state index in [0.717, 1.165) is 15.6 Å². The Morgan fingerprint density at radius 2 is 1.74 bits per heavy atom. The van der Waals surface area contributed by atoms with Crippen LogP contribution in [0.15, 0.2) is 46.9 Å². The van der Waals surface area contributed by atoms with Crippen LogP contribution in [-0.2, 0) is 6.54 Å². The first kappa shape index (κ1) is 14.2. The minimum absolute atomic E-state index is 0.0719. The molecule has 2 aromatic rings. The Morgan fingerprint density at radius 1 is 1.05 bits per heavy atom. The van der Waals surface area contributed by atoms with Gasteiger partial charge in [0.1, 0.15) is 11.6 Å². The molecular weight excluding hydrogens is 312 g/mol.